The number of halogens is 3. The largest absolute Gasteiger partial charge is 0.483 e. The van der Waals surface area contributed by atoms with Gasteiger partial charge in [0.1, 0.15) is 5.75 Å². The first kappa shape index (κ1) is 19.5. The molecule has 0 atom stereocenters. The first-order valence-corrected chi connectivity index (χ1v) is 9.50. The molecule has 2 aliphatic rings. The number of carbonyl (C=O) groups excluding carboxylic acids is 2. The number of piperidine rings is 1. The number of ether oxygens (including phenoxy) is 1. The summed E-state index contributed by atoms with van der Waals surface area (Å²) in [6, 6.07) is 12.5. The zero-order chi connectivity index (χ0) is 20.6. The van der Waals surface area contributed by atoms with Crippen LogP contribution in [0.5, 0.6) is 5.75 Å². The normalized spacial score (nSPS) is 18.0. The van der Waals surface area contributed by atoms with Crippen molar-refractivity contribution in [3.63, 3.8) is 0 Å². The second-order valence-corrected chi connectivity index (χ2v) is 7.59. The van der Waals surface area contributed by atoms with Crippen LogP contribution in [0.25, 0.3) is 0 Å². The Bertz CT molecular complexity index is 946. The fourth-order valence-corrected chi connectivity index (χ4v) is 4.37. The first-order valence-electron chi connectivity index (χ1n) is 9.50. The van der Waals surface area contributed by atoms with E-state index in [1.807, 2.05) is 24.3 Å². The van der Waals surface area contributed by atoms with Gasteiger partial charge in [0.25, 0.3) is 5.91 Å². The molecule has 0 saturated carbocycles. The highest BCUT2D eigenvalue weighted by Gasteiger charge is 2.45. The highest BCUT2D eigenvalue weighted by Crippen LogP contribution is 2.46. The SMILES string of the molecule is O=C1CC2(CCN(C(=O)COc3ccccc3C(F)(F)F)CC2)c2ccccc21. The molecule has 2 aromatic carbocycles. The van der Waals surface area contributed by atoms with Crippen molar-refractivity contribution in [1.82, 2.24) is 4.90 Å². The van der Waals surface area contributed by atoms with Crippen LogP contribution in [0.3, 0.4) is 0 Å². The van der Waals surface area contributed by atoms with E-state index in [1.165, 1.54) is 18.2 Å². The molecule has 1 spiro atoms. The minimum Gasteiger partial charge on any atom is -0.483 e. The lowest BCUT2D eigenvalue weighted by atomic mass is 9.74. The van der Waals surface area contributed by atoms with E-state index in [-0.39, 0.29) is 22.9 Å². The molecule has 7 heteroatoms. The van der Waals surface area contributed by atoms with Crippen molar-refractivity contribution in [3.8, 4) is 5.75 Å². The first-order chi connectivity index (χ1) is 13.8. The molecule has 0 aromatic heterocycles. The van der Waals surface area contributed by atoms with Crippen molar-refractivity contribution in [2.24, 2.45) is 0 Å². The van der Waals surface area contributed by atoms with Gasteiger partial charge in [0.05, 0.1) is 5.56 Å². The number of rotatable bonds is 3. The van der Waals surface area contributed by atoms with Gasteiger partial charge >= 0.3 is 6.18 Å². The van der Waals surface area contributed by atoms with E-state index in [0.29, 0.717) is 32.4 Å². The average Bonchev–Trinajstić information content (AvgIpc) is 2.98. The highest BCUT2D eigenvalue weighted by molar-refractivity contribution is 6.02. The summed E-state index contributed by atoms with van der Waals surface area (Å²) in [5.41, 5.74) is 0.673. The average molecular weight is 403 g/mol. The lowest BCUT2D eigenvalue weighted by Gasteiger charge is -2.39. The third-order valence-electron chi connectivity index (χ3n) is 5.91. The van der Waals surface area contributed by atoms with Crippen molar-refractivity contribution in [3.05, 3.63) is 65.2 Å². The Labute approximate surface area is 166 Å². The van der Waals surface area contributed by atoms with Crippen LogP contribution in [-0.4, -0.2) is 36.3 Å². The second kappa shape index (κ2) is 7.21. The number of para-hydroxylation sites is 1. The number of amides is 1. The van der Waals surface area contributed by atoms with Crippen molar-refractivity contribution < 1.29 is 27.5 Å². The van der Waals surface area contributed by atoms with Crippen molar-refractivity contribution in [2.45, 2.75) is 30.9 Å². The Balaban J connectivity index is 1.39. The number of carbonyl (C=O) groups is 2. The molecule has 4 rings (SSSR count). The maximum absolute atomic E-state index is 13.0. The van der Waals surface area contributed by atoms with Crippen molar-refractivity contribution >= 4 is 11.7 Å². The molecule has 1 aliphatic carbocycles. The summed E-state index contributed by atoms with van der Waals surface area (Å²) in [7, 11) is 0. The molecular weight excluding hydrogens is 383 g/mol. The molecule has 1 saturated heterocycles. The van der Waals surface area contributed by atoms with Gasteiger partial charge in [-0.25, -0.2) is 0 Å². The smallest absolute Gasteiger partial charge is 0.419 e. The monoisotopic (exact) mass is 403 g/mol. The van der Waals surface area contributed by atoms with Crippen LogP contribution in [0, 0.1) is 0 Å². The van der Waals surface area contributed by atoms with E-state index in [2.05, 4.69) is 0 Å². The molecule has 1 amide bonds. The van der Waals surface area contributed by atoms with E-state index < -0.39 is 18.3 Å². The number of alkyl halides is 3. The van der Waals surface area contributed by atoms with Gasteiger partial charge in [0.15, 0.2) is 12.4 Å². The number of likely N-dealkylation sites (tertiary alicyclic amines) is 1. The van der Waals surface area contributed by atoms with E-state index in [4.69, 9.17) is 4.74 Å². The van der Waals surface area contributed by atoms with Gasteiger partial charge in [-0.3, -0.25) is 9.59 Å². The minimum atomic E-state index is -4.54. The van der Waals surface area contributed by atoms with Gasteiger partial charge in [0.2, 0.25) is 0 Å². The third kappa shape index (κ3) is 3.61. The van der Waals surface area contributed by atoms with Crippen LogP contribution in [-0.2, 0) is 16.4 Å². The van der Waals surface area contributed by atoms with E-state index >= 15 is 0 Å². The van der Waals surface area contributed by atoms with E-state index in [9.17, 15) is 22.8 Å². The predicted octanol–water partition coefficient (Wildman–Crippen LogP) is 4.23. The Morgan fingerprint density at radius 3 is 2.41 bits per heavy atom. The number of nitrogens with zero attached hydrogens (tertiary/aromatic N) is 1. The van der Waals surface area contributed by atoms with Crippen molar-refractivity contribution in [2.75, 3.05) is 19.7 Å². The van der Waals surface area contributed by atoms with Gasteiger partial charge in [0, 0.05) is 30.5 Å². The van der Waals surface area contributed by atoms with Crippen LogP contribution in [0.2, 0.25) is 0 Å². The lowest BCUT2D eigenvalue weighted by molar-refractivity contribution is -0.141. The summed E-state index contributed by atoms with van der Waals surface area (Å²) in [6.45, 7) is 0.449. The molecule has 1 aliphatic heterocycles. The van der Waals surface area contributed by atoms with Gasteiger partial charge in [-0.15, -0.1) is 0 Å². The summed E-state index contributed by atoms with van der Waals surface area (Å²) in [6.07, 6.45) is -2.79. The molecule has 2 aromatic rings. The van der Waals surface area contributed by atoms with Crippen LogP contribution in [0.15, 0.2) is 48.5 Å². The fourth-order valence-electron chi connectivity index (χ4n) is 4.37. The molecule has 0 bridgehead atoms. The molecular formula is C22H20F3NO3. The quantitative estimate of drug-likeness (QED) is 0.771. The van der Waals surface area contributed by atoms with Gasteiger partial charge < -0.3 is 9.64 Å². The zero-order valence-electron chi connectivity index (χ0n) is 15.7. The topological polar surface area (TPSA) is 46.6 Å². The number of hydrogen-bond donors (Lipinski definition) is 0. The molecule has 0 unspecified atom stereocenters. The molecule has 1 fully saturated rings. The molecule has 152 valence electrons. The van der Waals surface area contributed by atoms with Crippen LogP contribution in [0.1, 0.15) is 40.7 Å². The third-order valence-corrected chi connectivity index (χ3v) is 5.91. The number of ketones is 1. The number of hydrogen-bond acceptors (Lipinski definition) is 3. The molecule has 0 radical (unpaired) electrons. The lowest BCUT2D eigenvalue weighted by Crippen LogP contribution is -2.46. The fraction of sp³-hybridized carbons (Fsp3) is 0.364. The summed E-state index contributed by atoms with van der Waals surface area (Å²) in [5, 5.41) is 0. The molecule has 0 N–H and O–H groups in total. The van der Waals surface area contributed by atoms with Gasteiger partial charge in [-0.05, 0) is 30.5 Å². The Morgan fingerprint density at radius 1 is 1.03 bits per heavy atom. The van der Waals surface area contributed by atoms with Crippen LogP contribution < -0.4 is 4.74 Å². The number of Topliss-reactive ketones (excluding diaryl/α,β-unsaturated/α-hetero) is 1. The maximum atomic E-state index is 13.0. The van der Waals surface area contributed by atoms with Crippen LogP contribution in [0.4, 0.5) is 13.2 Å². The summed E-state index contributed by atoms with van der Waals surface area (Å²) in [4.78, 5) is 26.4. The number of benzene rings is 2. The Hall–Kier alpha value is -2.83. The summed E-state index contributed by atoms with van der Waals surface area (Å²) >= 11 is 0. The van der Waals surface area contributed by atoms with Crippen molar-refractivity contribution in [1.29, 1.82) is 0 Å². The zero-order valence-corrected chi connectivity index (χ0v) is 15.7. The Morgan fingerprint density at radius 2 is 1.69 bits per heavy atom. The van der Waals surface area contributed by atoms with E-state index in [1.54, 1.807) is 4.90 Å². The Kier molecular flexibility index (Phi) is 4.84. The van der Waals surface area contributed by atoms with E-state index in [0.717, 1.165) is 17.2 Å². The molecule has 1 heterocycles. The highest BCUT2D eigenvalue weighted by atomic mass is 19.4. The summed E-state index contributed by atoms with van der Waals surface area (Å²) < 4.78 is 44.3. The second-order valence-electron chi connectivity index (χ2n) is 7.59. The minimum absolute atomic E-state index is 0.132. The molecule has 29 heavy (non-hydrogen) atoms. The predicted molar refractivity (Wildman–Crippen MR) is 99.8 cm³/mol. The van der Waals surface area contributed by atoms with Gasteiger partial charge in [-0.1, -0.05) is 36.4 Å². The number of fused-ring (bicyclic) bond motifs is 2. The molecule has 4 nitrogen and oxygen atoms in total. The summed E-state index contributed by atoms with van der Waals surface area (Å²) in [5.74, 6) is -0.570. The van der Waals surface area contributed by atoms with Crippen LogP contribution >= 0.6 is 0 Å². The van der Waals surface area contributed by atoms with Gasteiger partial charge in [-0.2, -0.15) is 13.2 Å². The standard InChI is InChI=1S/C22H20F3NO3/c23-22(24,25)17-7-3-4-8-19(17)29-14-20(28)26-11-9-21(10-12-26)13-18(27)15-5-1-2-6-16(15)21/h1-8H,9-14H2. The maximum Gasteiger partial charge on any atom is 0.419 e.